The first-order valence-corrected chi connectivity index (χ1v) is 8.34. The number of rotatable bonds is 5. The Labute approximate surface area is 123 Å². The van der Waals surface area contributed by atoms with Crippen molar-refractivity contribution < 1.29 is 13.0 Å². The summed E-state index contributed by atoms with van der Waals surface area (Å²) in [5.41, 5.74) is 1.15. The van der Waals surface area contributed by atoms with Crippen LogP contribution in [0.1, 0.15) is 5.56 Å². The zero-order chi connectivity index (χ0) is 14.3. The van der Waals surface area contributed by atoms with E-state index in [1.165, 1.54) is 17.8 Å². The molecule has 7 heteroatoms. The second-order valence-electron chi connectivity index (χ2n) is 3.81. The van der Waals surface area contributed by atoms with Crippen molar-refractivity contribution in [1.82, 2.24) is 4.90 Å². The number of benzene rings is 1. The molecule has 1 aromatic rings. The Morgan fingerprint density at radius 2 is 2.05 bits per heavy atom. The SMILES string of the molecule is CN(Cc1ccccc1)C(=S)SC/C=C\S(=O)(=O)O. The van der Waals surface area contributed by atoms with E-state index in [2.05, 4.69) is 0 Å². The maximum atomic E-state index is 10.5. The van der Waals surface area contributed by atoms with Gasteiger partial charge >= 0.3 is 0 Å². The molecule has 19 heavy (non-hydrogen) atoms. The minimum absolute atomic E-state index is 0.401. The first-order valence-electron chi connectivity index (χ1n) is 5.44. The molecule has 0 amide bonds. The largest absolute Gasteiger partial charge is 0.356 e. The molecule has 0 saturated heterocycles. The molecule has 0 aromatic heterocycles. The quantitative estimate of drug-likeness (QED) is 0.665. The van der Waals surface area contributed by atoms with E-state index >= 15 is 0 Å². The van der Waals surface area contributed by atoms with Gasteiger partial charge in [-0.05, 0) is 5.56 Å². The van der Waals surface area contributed by atoms with E-state index in [1.807, 2.05) is 42.3 Å². The lowest BCUT2D eigenvalue weighted by molar-refractivity contribution is 0.494. The molecule has 104 valence electrons. The maximum absolute atomic E-state index is 10.5. The Kier molecular flexibility index (Phi) is 6.50. The molecule has 0 heterocycles. The lowest BCUT2D eigenvalue weighted by Crippen LogP contribution is -2.21. The third-order valence-electron chi connectivity index (χ3n) is 2.15. The Balaban J connectivity index is 2.39. The third-order valence-corrected chi connectivity index (χ3v) is 4.26. The normalized spacial score (nSPS) is 11.7. The average molecular weight is 317 g/mol. The number of hydrogen-bond acceptors (Lipinski definition) is 4. The summed E-state index contributed by atoms with van der Waals surface area (Å²) in [6, 6.07) is 9.92. The van der Waals surface area contributed by atoms with Gasteiger partial charge in [-0.2, -0.15) is 8.42 Å². The predicted octanol–water partition coefficient (Wildman–Crippen LogP) is 2.54. The standard InChI is InChI=1S/C12H15NO3S3/c1-13(10-11-6-3-2-4-7-11)12(17)18-8-5-9-19(14,15)16/h2-7,9H,8,10H2,1H3,(H,14,15,16)/b9-5-. The van der Waals surface area contributed by atoms with Gasteiger partial charge in [0.15, 0.2) is 0 Å². The van der Waals surface area contributed by atoms with Gasteiger partial charge in [0.2, 0.25) is 0 Å². The molecule has 0 atom stereocenters. The molecule has 0 fully saturated rings. The van der Waals surface area contributed by atoms with Crippen LogP contribution in [-0.2, 0) is 16.7 Å². The van der Waals surface area contributed by atoms with Gasteiger partial charge < -0.3 is 4.90 Å². The summed E-state index contributed by atoms with van der Waals surface area (Å²) in [5.74, 6) is 0.401. The molecule has 0 radical (unpaired) electrons. The lowest BCUT2D eigenvalue weighted by Gasteiger charge is -2.18. The molecular formula is C12H15NO3S3. The number of thiocarbonyl (C=S) groups is 1. The Morgan fingerprint density at radius 3 is 2.63 bits per heavy atom. The second kappa shape index (κ2) is 7.64. The van der Waals surface area contributed by atoms with Gasteiger partial charge in [-0.3, -0.25) is 4.55 Å². The fraction of sp³-hybridized carbons (Fsp3) is 0.250. The molecule has 0 aliphatic heterocycles. The summed E-state index contributed by atoms with van der Waals surface area (Å²) < 4.78 is 30.1. The fourth-order valence-electron chi connectivity index (χ4n) is 1.31. The summed E-state index contributed by atoms with van der Waals surface area (Å²) >= 11 is 6.57. The van der Waals surface area contributed by atoms with Gasteiger partial charge in [-0.1, -0.05) is 60.4 Å². The highest BCUT2D eigenvalue weighted by Gasteiger charge is 2.05. The van der Waals surface area contributed by atoms with E-state index in [-0.39, 0.29) is 0 Å². The van der Waals surface area contributed by atoms with Crippen molar-refractivity contribution in [3.8, 4) is 0 Å². The van der Waals surface area contributed by atoms with Gasteiger partial charge in [0, 0.05) is 19.3 Å². The average Bonchev–Trinajstić information content (AvgIpc) is 2.34. The molecule has 1 N–H and O–H groups in total. The molecular weight excluding hydrogens is 302 g/mol. The smallest absolute Gasteiger partial charge is 0.287 e. The molecule has 0 aliphatic carbocycles. The monoisotopic (exact) mass is 317 g/mol. The Morgan fingerprint density at radius 1 is 1.42 bits per heavy atom. The van der Waals surface area contributed by atoms with E-state index in [4.69, 9.17) is 16.8 Å². The second-order valence-corrected chi connectivity index (χ2v) is 6.76. The van der Waals surface area contributed by atoms with Crippen LogP contribution in [0.5, 0.6) is 0 Å². The summed E-state index contributed by atoms with van der Waals surface area (Å²) in [4.78, 5) is 1.91. The van der Waals surface area contributed by atoms with Crippen LogP contribution in [0.25, 0.3) is 0 Å². The Bertz CT molecular complexity index is 541. The zero-order valence-corrected chi connectivity index (χ0v) is 12.8. The van der Waals surface area contributed by atoms with Crippen LogP contribution in [0.15, 0.2) is 41.8 Å². The first-order chi connectivity index (χ1) is 8.88. The molecule has 1 rings (SSSR count). The first kappa shape index (κ1) is 16.2. The van der Waals surface area contributed by atoms with E-state index in [1.54, 1.807) is 0 Å². The van der Waals surface area contributed by atoms with Gasteiger partial charge in [0.05, 0.1) is 5.41 Å². The van der Waals surface area contributed by atoms with E-state index < -0.39 is 10.1 Å². The highest BCUT2D eigenvalue weighted by atomic mass is 32.2. The lowest BCUT2D eigenvalue weighted by atomic mass is 10.2. The van der Waals surface area contributed by atoms with Crippen LogP contribution in [-0.4, -0.2) is 35.0 Å². The predicted molar refractivity (Wildman–Crippen MR) is 83.7 cm³/mol. The van der Waals surface area contributed by atoms with Crippen molar-refractivity contribution in [2.75, 3.05) is 12.8 Å². The van der Waals surface area contributed by atoms with Crippen LogP contribution in [0.3, 0.4) is 0 Å². The van der Waals surface area contributed by atoms with Crippen LogP contribution in [0.4, 0.5) is 0 Å². The molecule has 4 nitrogen and oxygen atoms in total. The van der Waals surface area contributed by atoms with Crippen LogP contribution in [0.2, 0.25) is 0 Å². The highest BCUT2D eigenvalue weighted by Crippen LogP contribution is 2.12. The maximum Gasteiger partial charge on any atom is 0.287 e. The van der Waals surface area contributed by atoms with Crippen molar-refractivity contribution in [2.45, 2.75) is 6.54 Å². The molecule has 0 unspecified atom stereocenters. The zero-order valence-electron chi connectivity index (χ0n) is 10.4. The van der Waals surface area contributed by atoms with E-state index in [0.717, 1.165) is 11.0 Å². The third kappa shape index (κ3) is 7.31. The van der Waals surface area contributed by atoms with Gasteiger partial charge in [0.1, 0.15) is 4.32 Å². The summed E-state index contributed by atoms with van der Waals surface area (Å²) in [7, 11) is -2.16. The Hall–Kier alpha value is -0.890. The van der Waals surface area contributed by atoms with Crippen LogP contribution < -0.4 is 0 Å². The van der Waals surface area contributed by atoms with Gasteiger partial charge in [0.25, 0.3) is 10.1 Å². The number of nitrogens with zero attached hydrogens (tertiary/aromatic N) is 1. The fourth-order valence-corrected chi connectivity index (χ4v) is 2.66. The van der Waals surface area contributed by atoms with Crippen molar-refractivity contribution >= 4 is 38.4 Å². The summed E-state index contributed by atoms with van der Waals surface area (Å²) in [6.45, 7) is 0.703. The number of thioether (sulfide) groups is 1. The molecule has 0 spiro atoms. The topological polar surface area (TPSA) is 57.6 Å². The van der Waals surface area contributed by atoms with Gasteiger partial charge in [-0.15, -0.1) is 0 Å². The van der Waals surface area contributed by atoms with Gasteiger partial charge in [-0.25, -0.2) is 0 Å². The van der Waals surface area contributed by atoms with Crippen LogP contribution >= 0.6 is 24.0 Å². The van der Waals surface area contributed by atoms with E-state index in [9.17, 15) is 8.42 Å². The van der Waals surface area contributed by atoms with Crippen molar-refractivity contribution in [2.24, 2.45) is 0 Å². The molecule has 1 aromatic carbocycles. The van der Waals surface area contributed by atoms with Crippen LogP contribution in [0, 0.1) is 0 Å². The minimum atomic E-state index is -4.04. The van der Waals surface area contributed by atoms with Crippen molar-refractivity contribution in [1.29, 1.82) is 0 Å². The van der Waals surface area contributed by atoms with Crippen molar-refractivity contribution in [3.05, 3.63) is 47.4 Å². The molecule has 0 bridgehead atoms. The number of hydrogen-bond donors (Lipinski definition) is 1. The summed E-state index contributed by atoms with van der Waals surface area (Å²) in [5, 5.41) is 0.764. The summed E-state index contributed by atoms with van der Waals surface area (Å²) in [6.07, 6.45) is 1.36. The van der Waals surface area contributed by atoms with Crippen molar-refractivity contribution in [3.63, 3.8) is 0 Å². The molecule has 0 aliphatic rings. The highest BCUT2D eigenvalue weighted by molar-refractivity contribution is 8.23. The van der Waals surface area contributed by atoms with E-state index in [0.29, 0.717) is 16.6 Å². The molecule has 0 saturated carbocycles. The minimum Gasteiger partial charge on any atom is -0.356 e.